The second-order valence-electron chi connectivity index (χ2n) is 8.62. The van der Waals surface area contributed by atoms with E-state index in [9.17, 15) is 18.4 Å². The van der Waals surface area contributed by atoms with Crippen molar-refractivity contribution in [2.24, 2.45) is 0 Å². The zero-order valence-corrected chi connectivity index (χ0v) is 19.4. The van der Waals surface area contributed by atoms with Gasteiger partial charge in [0.2, 0.25) is 5.91 Å². The molecule has 0 saturated carbocycles. The maximum atomic E-state index is 13.6. The van der Waals surface area contributed by atoms with Gasteiger partial charge in [-0.3, -0.25) is 14.3 Å². The highest BCUT2D eigenvalue weighted by molar-refractivity contribution is 5.97. The molecule has 1 aromatic heterocycles. The minimum atomic E-state index is -3.12. The molecule has 182 valence electrons. The molecule has 1 aliphatic rings. The van der Waals surface area contributed by atoms with Crippen molar-refractivity contribution in [3.63, 3.8) is 0 Å². The molecule has 1 saturated heterocycles. The van der Waals surface area contributed by atoms with E-state index in [-0.39, 0.29) is 5.56 Å². The summed E-state index contributed by atoms with van der Waals surface area (Å²) in [5.74, 6) is -4.41. The third-order valence-electron chi connectivity index (χ3n) is 5.95. The van der Waals surface area contributed by atoms with Gasteiger partial charge in [-0.2, -0.15) is 15.6 Å². The lowest BCUT2D eigenvalue weighted by Gasteiger charge is -2.19. The van der Waals surface area contributed by atoms with Crippen molar-refractivity contribution in [1.29, 1.82) is 10.5 Å². The van der Waals surface area contributed by atoms with Crippen LogP contribution in [0, 0.1) is 29.6 Å². The molecule has 0 bridgehead atoms. The van der Waals surface area contributed by atoms with Gasteiger partial charge in [0.25, 0.3) is 11.8 Å². The molecule has 0 unspecified atom stereocenters. The van der Waals surface area contributed by atoms with Gasteiger partial charge in [0.15, 0.2) is 0 Å². The number of nitriles is 2. The number of aryl methyl sites for hydroxylation is 1. The van der Waals surface area contributed by atoms with Crippen LogP contribution in [-0.2, 0) is 11.3 Å². The molecule has 2 heterocycles. The molecular weight excluding hydrogens is 466 g/mol. The van der Waals surface area contributed by atoms with Crippen molar-refractivity contribution in [3.05, 3.63) is 77.1 Å². The molecule has 4 rings (SSSR count). The predicted molar refractivity (Wildman–Crippen MR) is 126 cm³/mol. The van der Waals surface area contributed by atoms with E-state index in [1.54, 1.807) is 36.0 Å². The maximum Gasteiger partial charge on any atom is 0.268 e. The predicted octanol–water partition coefficient (Wildman–Crippen LogP) is 3.27. The van der Waals surface area contributed by atoms with E-state index in [4.69, 9.17) is 10.5 Å². The van der Waals surface area contributed by atoms with Crippen LogP contribution in [0.2, 0.25) is 0 Å². The summed E-state index contributed by atoms with van der Waals surface area (Å²) in [5, 5.41) is 24.9. The largest absolute Gasteiger partial charge is 0.343 e. The van der Waals surface area contributed by atoms with Gasteiger partial charge in [-0.15, -0.1) is 0 Å². The van der Waals surface area contributed by atoms with Crippen LogP contribution in [0.4, 0.5) is 8.78 Å². The van der Waals surface area contributed by atoms with Crippen LogP contribution in [0.3, 0.4) is 0 Å². The van der Waals surface area contributed by atoms with Crippen LogP contribution in [-0.4, -0.2) is 51.5 Å². The van der Waals surface area contributed by atoms with E-state index in [1.165, 1.54) is 0 Å². The van der Waals surface area contributed by atoms with Crippen LogP contribution in [0.5, 0.6) is 0 Å². The number of aromatic nitrogens is 2. The Morgan fingerprint density at radius 1 is 1.17 bits per heavy atom. The Hall–Kier alpha value is -4.57. The first kappa shape index (κ1) is 24.6. The molecule has 0 spiro atoms. The first-order valence-corrected chi connectivity index (χ1v) is 11.2. The summed E-state index contributed by atoms with van der Waals surface area (Å²) < 4.78 is 28.8. The fraction of sp³-hybridized carbons (Fsp3) is 0.269. The fourth-order valence-corrected chi connectivity index (χ4v) is 4.14. The smallest absolute Gasteiger partial charge is 0.268 e. The minimum absolute atomic E-state index is 0.259. The Labute approximate surface area is 206 Å². The summed E-state index contributed by atoms with van der Waals surface area (Å²) in [5.41, 5.74) is 4.17. The average molecular weight is 488 g/mol. The number of rotatable bonds is 6. The van der Waals surface area contributed by atoms with E-state index in [1.807, 2.05) is 36.4 Å². The van der Waals surface area contributed by atoms with Gasteiger partial charge in [-0.1, -0.05) is 30.3 Å². The number of carbonyl (C=O) groups excluding carboxylic acids is 2. The van der Waals surface area contributed by atoms with Crippen LogP contribution in [0.25, 0.3) is 11.1 Å². The second-order valence-corrected chi connectivity index (χ2v) is 8.62. The summed E-state index contributed by atoms with van der Waals surface area (Å²) in [6, 6.07) is 17.7. The van der Waals surface area contributed by atoms with E-state index in [2.05, 4.69) is 16.5 Å². The number of halogens is 2. The molecule has 0 radical (unpaired) electrons. The fourth-order valence-electron chi connectivity index (χ4n) is 4.14. The Morgan fingerprint density at radius 2 is 1.92 bits per heavy atom. The van der Waals surface area contributed by atoms with Crippen molar-refractivity contribution in [3.8, 4) is 23.3 Å². The van der Waals surface area contributed by atoms with Gasteiger partial charge in [0.1, 0.15) is 6.04 Å². The topological polar surface area (TPSA) is 115 Å². The van der Waals surface area contributed by atoms with Crippen molar-refractivity contribution in [2.75, 3.05) is 13.1 Å². The molecular formula is C26H22F2N6O2. The number of benzene rings is 2. The molecule has 2 amide bonds. The molecule has 8 nitrogen and oxygen atoms in total. The summed E-state index contributed by atoms with van der Waals surface area (Å²) in [6.45, 7) is 0.722. The van der Waals surface area contributed by atoms with Gasteiger partial charge in [-0.05, 0) is 41.8 Å². The lowest BCUT2D eigenvalue weighted by atomic mass is 10.0. The summed E-state index contributed by atoms with van der Waals surface area (Å²) in [6.07, 6.45) is 0.854. The minimum Gasteiger partial charge on any atom is -0.343 e. The van der Waals surface area contributed by atoms with Crippen molar-refractivity contribution in [2.45, 2.75) is 31.9 Å². The number of likely N-dealkylation sites (tertiary alicyclic amines) is 1. The van der Waals surface area contributed by atoms with Crippen LogP contribution in [0.15, 0.2) is 54.7 Å². The molecule has 3 aromatic rings. The number of carbonyl (C=O) groups is 2. The number of alkyl halides is 2. The third-order valence-corrected chi connectivity index (χ3v) is 5.95. The van der Waals surface area contributed by atoms with Crippen molar-refractivity contribution >= 4 is 11.8 Å². The van der Waals surface area contributed by atoms with Crippen LogP contribution < -0.4 is 5.32 Å². The van der Waals surface area contributed by atoms with Gasteiger partial charge in [0.05, 0.1) is 48.6 Å². The summed E-state index contributed by atoms with van der Waals surface area (Å²) >= 11 is 0. The monoisotopic (exact) mass is 488 g/mol. The van der Waals surface area contributed by atoms with E-state index >= 15 is 0 Å². The molecule has 1 fully saturated rings. The van der Waals surface area contributed by atoms with Crippen molar-refractivity contribution < 1.29 is 18.4 Å². The molecule has 1 N–H and O–H groups in total. The molecule has 36 heavy (non-hydrogen) atoms. The van der Waals surface area contributed by atoms with E-state index < -0.39 is 43.3 Å². The van der Waals surface area contributed by atoms with Gasteiger partial charge < -0.3 is 10.2 Å². The Kier molecular flexibility index (Phi) is 6.80. The highest BCUT2D eigenvalue weighted by Crippen LogP contribution is 2.31. The maximum absolute atomic E-state index is 13.6. The van der Waals surface area contributed by atoms with Gasteiger partial charge in [-0.25, -0.2) is 8.78 Å². The highest BCUT2D eigenvalue weighted by Gasteiger charge is 2.47. The molecule has 0 aliphatic carbocycles. The van der Waals surface area contributed by atoms with Crippen LogP contribution >= 0.6 is 0 Å². The van der Waals surface area contributed by atoms with Crippen LogP contribution in [0.1, 0.15) is 33.6 Å². The first-order valence-electron chi connectivity index (χ1n) is 11.2. The Balaban J connectivity index is 1.40. The zero-order valence-electron chi connectivity index (χ0n) is 19.4. The quantitative estimate of drug-likeness (QED) is 0.572. The Morgan fingerprint density at radius 3 is 2.61 bits per heavy atom. The normalized spacial score (nSPS) is 16.2. The molecule has 10 heteroatoms. The number of amides is 2. The van der Waals surface area contributed by atoms with Crippen molar-refractivity contribution in [1.82, 2.24) is 20.0 Å². The molecule has 2 aromatic carbocycles. The lowest BCUT2D eigenvalue weighted by Crippen LogP contribution is -2.43. The first-order chi connectivity index (χ1) is 17.2. The summed E-state index contributed by atoms with van der Waals surface area (Å²) in [7, 11) is 0. The standard InChI is InChI=1S/C26H22F2N6O2/c1-17-23(25(36)31-13-24(35)34-16-26(27,28)10-22(34)12-30)15-33(32-17)14-19-3-2-4-21(9-19)20-7-5-18(11-29)6-8-20/h2-9,15,22H,10,13-14,16H2,1H3,(H,31,36)/t22-/m0/s1. The third kappa shape index (κ3) is 5.39. The average Bonchev–Trinajstić information content (AvgIpc) is 3.40. The summed E-state index contributed by atoms with van der Waals surface area (Å²) in [4.78, 5) is 25.8. The number of hydrogen-bond donors (Lipinski definition) is 1. The Bertz CT molecular complexity index is 1380. The second kappa shape index (κ2) is 9.96. The molecule has 1 aliphatic heterocycles. The number of nitrogens with one attached hydrogen (secondary N) is 1. The highest BCUT2D eigenvalue weighted by atomic mass is 19.3. The SMILES string of the molecule is Cc1nn(Cc2cccc(-c3ccc(C#N)cc3)c2)cc1C(=O)NCC(=O)N1CC(F)(F)C[C@H]1C#N. The van der Waals surface area contributed by atoms with Gasteiger partial charge in [0, 0.05) is 12.6 Å². The lowest BCUT2D eigenvalue weighted by molar-refractivity contribution is -0.131. The number of hydrogen-bond acceptors (Lipinski definition) is 5. The molecule has 1 atom stereocenters. The zero-order chi connectivity index (χ0) is 25.9. The number of nitrogens with zero attached hydrogens (tertiary/aromatic N) is 5. The van der Waals surface area contributed by atoms with E-state index in [0.717, 1.165) is 21.6 Å². The van der Waals surface area contributed by atoms with E-state index in [0.29, 0.717) is 17.8 Å². The van der Waals surface area contributed by atoms with Gasteiger partial charge >= 0.3 is 0 Å².